The second kappa shape index (κ2) is 5.18. The minimum absolute atomic E-state index is 0.0652. The maximum atomic E-state index is 11.8. The number of aromatic nitrogens is 2. The van der Waals surface area contributed by atoms with E-state index in [2.05, 4.69) is 15.7 Å². The normalized spacial score (nSPS) is 11.4. The van der Waals surface area contributed by atoms with Crippen molar-refractivity contribution in [2.24, 2.45) is 7.05 Å². The fourth-order valence-electron chi connectivity index (χ4n) is 1.29. The van der Waals surface area contributed by atoms with Crippen molar-refractivity contribution >= 4 is 5.91 Å². The van der Waals surface area contributed by atoms with E-state index in [0.29, 0.717) is 12.4 Å². The van der Waals surface area contributed by atoms with Crippen LogP contribution in [0.1, 0.15) is 19.5 Å². The van der Waals surface area contributed by atoms with E-state index < -0.39 is 5.54 Å². The van der Waals surface area contributed by atoms with Crippen molar-refractivity contribution in [3.63, 3.8) is 0 Å². The molecule has 1 heterocycles. The largest absolute Gasteiger partial charge is 0.481 e. The first-order chi connectivity index (χ1) is 7.90. The van der Waals surface area contributed by atoms with E-state index in [1.807, 2.05) is 13.8 Å². The maximum Gasteiger partial charge on any atom is 0.240 e. The molecule has 0 aromatic carbocycles. The van der Waals surface area contributed by atoms with Gasteiger partial charge in [0.05, 0.1) is 24.9 Å². The molecular formula is C11H20N4O2. The number of hydrogen-bond acceptors (Lipinski definition) is 4. The summed E-state index contributed by atoms with van der Waals surface area (Å²) in [6.07, 6.45) is 0. The second-order valence-corrected chi connectivity index (χ2v) is 4.36. The van der Waals surface area contributed by atoms with Crippen LogP contribution in [-0.4, -0.2) is 35.4 Å². The number of ether oxygens (including phenoxy) is 1. The molecule has 1 amide bonds. The van der Waals surface area contributed by atoms with Crippen LogP contribution in [0, 0.1) is 0 Å². The maximum absolute atomic E-state index is 11.8. The van der Waals surface area contributed by atoms with Crippen molar-refractivity contribution in [3.8, 4) is 5.88 Å². The van der Waals surface area contributed by atoms with Crippen molar-refractivity contribution in [1.29, 1.82) is 0 Å². The third-order valence-electron chi connectivity index (χ3n) is 2.72. The van der Waals surface area contributed by atoms with Gasteiger partial charge in [0.15, 0.2) is 0 Å². The molecule has 1 aromatic heterocycles. The third-order valence-corrected chi connectivity index (χ3v) is 2.72. The first kappa shape index (κ1) is 13.5. The summed E-state index contributed by atoms with van der Waals surface area (Å²) in [6.45, 7) is 4.03. The Hall–Kier alpha value is -1.56. The van der Waals surface area contributed by atoms with Crippen LogP contribution in [0.2, 0.25) is 0 Å². The lowest BCUT2D eigenvalue weighted by molar-refractivity contribution is -0.126. The summed E-state index contributed by atoms with van der Waals surface area (Å²) in [5.74, 6) is 0.603. The molecule has 0 spiro atoms. The van der Waals surface area contributed by atoms with Gasteiger partial charge in [-0.25, -0.2) is 4.68 Å². The Morgan fingerprint density at radius 3 is 2.71 bits per heavy atom. The highest BCUT2D eigenvalue weighted by molar-refractivity contribution is 5.85. The first-order valence-electron chi connectivity index (χ1n) is 5.45. The van der Waals surface area contributed by atoms with E-state index in [1.54, 1.807) is 32.0 Å². The Bertz CT molecular complexity index is 398. The Labute approximate surface area is 101 Å². The molecule has 0 atom stereocenters. The standard InChI is InChI=1S/C11H20N4O2/c1-11(2,12-3)10(16)13-7-8-6-9(17-5)15(4)14-8/h6,12H,7H2,1-5H3,(H,13,16). The zero-order chi connectivity index (χ0) is 13.1. The van der Waals surface area contributed by atoms with Gasteiger partial charge in [0.2, 0.25) is 11.8 Å². The summed E-state index contributed by atoms with van der Waals surface area (Å²) in [5, 5.41) is 9.98. The van der Waals surface area contributed by atoms with Gasteiger partial charge in [-0.3, -0.25) is 4.79 Å². The molecule has 6 nitrogen and oxygen atoms in total. The Morgan fingerprint density at radius 2 is 2.24 bits per heavy atom. The summed E-state index contributed by atoms with van der Waals surface area (Å²) in [4.78, 5) is 11.8. The van der Waals surface area contributed by atoms with Crippen molar-refractivity contribution in [1.82, 2.24) is 20.4 Å². The minimum Gasteiger partial charge on any atom is -0.481 e. The number of rotatable bonds is 5. The molecule has 1 aromatic rings. The fraction of sp³-hybridized carbons (Fsp3) is 0.636. The average molecular weight is 240 g/mol. The molecule has 96 valence electrons. The van der Waals surface area contributed by atoms with Crippen molar-refractivity contribution in [2.45, 2.75) is 25.9 Å². The molecule has 0 unspecified atom stereocenters. The fourth-order valence-corrected chi connectivity index (χ4v) is 1.29. The summed E-state index contributed by atoms with van der Waals surface area (Å²) in [7, 11) is 5.13. The van der Waals surface area contributed by atoms with Gasteiger partial charge in [0.1, 0.15) is 0 Å². The van der Waals surface area contributed by atoms with Crippen LogP contribution in [0.4, 0.5) is 0 Å². The van der Waals surface area contributed by atoms with Gasteiger partial charge < -0.3 is 15.4 Å². The van der Waals surface area contributed by atoms with Gasteiger partial charge in [-0.1, -0.05) is 0 Å². The number of aryl methyl sites for hydroxylation is 1. The number of carbonyl (C=O) groups is 1. The topological polar surface area (TPSA) is 68.2 Å². The number of nitrogens with one attached hydrogen (secondary N) is 2. The summed E-state index contributed by atoms with van der Waals surface area (Å²) < 4.78 is 6.73. The molecule has 6 heteroatoms. The number of amides is 1. The average Bonchev–Trinajstić information content (AvgIpc) is 2.66. The molecule has 0 bridgehead atoms. The van der Waals surface area contributed by atoms with Crippen LogP contribution < -0.4 is 15.4 Å². The highest BCUT2D eigenvalue weighted by atomic mass is 16.5. The molecule has 0 saturated carbocycles. The molecule has 2 N–H and O–H groups in total. The molecule has 0 aliphatic rings. The number of carbonyl (C=O) groups excluding carboxylic acids is 1. The molecule has 1 rings (SSSR count). The summed E-state index contributed by atoms with van der Waals surface area (Å²) >= 11 is 0. The van der Waals surface area contributed by atoms with E-state index in [-0.39, 0.29) is 5.91 Å². The minimum atomic E-state index is -0.584. The number of hydrogen-bond donors (Lipinski definition) is 2. The lowest BCUT2D eigenvalue weighted by atomic mass is 10.1. The zero-order valence-corrected chi connectivity index (χ0v) is 11.0. The van der Waals surface area contributed by atoms with Crippen LogP contribution in [0.3, 0.4) is 0 Å². The molecule has 0 aliphatic heterocycles. The molecular weight excluding hydrogens is 220 g/mol. The smallest absolute Gasteiger partial charge is 0.240 e. The molecule has 0 radical (unpaired) electrons. The lowest BCUT2D eigenvalue weighted by Crippen LogP contribution is -2.50. The van der Waals surface area contributed by atoms with Crippen molar-refractivity contribution < 1.29 is 9.53 Å². The van der Waals surface area contributed by atoms with E-state index in [9.17, 15) is 4.79 Å². The van der Waals surface area contributed by atoms with Crippen molar-refractivity contribution in [2.75, 3.05) is 14.2 Å². The zero-order valence-electron chi connectivity index (χ0n) is 11.0. The van der Waals surface area contributed by atoms with Crippen LogP contribution >= 0.6 is 0 Å². The third kappa shape index (κ3) is 3.20. The van der Waals surface area contributed by atoms with Gasteiger partial charge in [-0.15, -0.1) is 0 Å². The number of methoxy groups -OCH3 is 1. The number of nitrogens with zero attached hydrogens (tertiary/aromatic N) is 2. The van der Waals surface area contributed by atoms with Crippen LogP contribution in [-0.2, 0) is 18.4 Å². The molecule has 0 aliphatic carbocycles. The van der Waals surface area contributed by atoms with Crippen LogP contribution in [0.25, 0.3) is 0 Å². The SMILES string of the molecule is CNC(C)(C)C(=O)NCc1cc(OC)n(C)n1. The van der Waals surface area contributed by atoms with Gasteiger partial charge in [-0.05, 0) is 20.9 Å². The Morgan fingerprint density at radius 1 is 1.59 bits per heavy atom. The van der Waals surface area contributed by atoms with E-state index in [1.165, 1.54) is 0 Å². The van der Waals surface area contributed by atoms with Gasteiger partial charge >= 0.3 is 0 Å². The predicted octanol–water partition coefficient (Wildman–Crippen LogP) is 0.0429. The molecule has 0 fully saturated rings. The van der Waals surface area contributed by atoms with E-state index >= 15 is 0 Å². The Kier molecular flexibility index (Phi) is 4.11. The highest BCUT2D eigenvalue weighted by Crippen LogP contribution is 2.11. The predicted molar refractivity (Wildman–Crippen MR) is 64.7 cm³/mol. The van der Waals surface area contributed by atoms with Gasteiger partial charge in [0.25, 0.3) is 0 Å². The molecule has 0 saturated heterocycles. The Balaban J connectivity index is 2.59. The number of likely N-dealkylation sites (N-methyl/N-ethyl adjacent to an activating group) is 1. The lowest BCUT2D eigenvalue weighted by Gasteiger charge is -2.22. The van der Waals surface area contributed by atoms with Gasteiger partial charge in [-0.2, -0.15) is 5.10 Å². The molecule has 17 heavy (non-hydrogen) atoms. The summed E-state index contributed by atoms with van der Waals surface area (Å²) in [5.41, 5.74) is 0.184. The van der Waals surface area contributed by atoms with Gasteiger partial charge in [0, 0.05) is 13.1 Å². The van der Waals surface area contributed by atoms with Crippen molar-refractivity contribution in [3.05, 3.63) is 11.8 Å². The van der Waals surface area contributed by atoms with E-state index in [0.717, 1.165) is 5.69 Å². The first-order valence-corrected chi connectivity index (χ1v) is 5.45. The van der Waals surface area contributed by atoms with Crippen LogP contribution in [0.15, 0.2) is 6.07 Å². The van der Waals surface area contributed by atoms with Crippen LogP contribution in [0.5, 0.6) is 5.88 Å². The summed E-state index contributed by atoms with van der Waals surface area (Å²) in [6, 6.07) is 1.80. The quantitative estimate of drug-likeness (QED) is 0.762. The second-order valence-electron chi connectivity index (χ2n) is 4.36. The highest BCUT2D eigenvalue weighted by Gasteiger charge is 2.24. The monoisotopic (exact) mass is 240 g/mol. The van der Waals surface area contributed by atoms with E-state index in [4.69, 9.17) is 4.74 Å².